The van der Waals surface area contributed by atoms with E-state index >= 15 is 0 Å². The van der Waals surface area contributed by atoms with Crippen LogP contribution >= 0.6 is 0 Å². The van der Waals surface area contributed by atoms with Crippen molar-refractivity contribution in [2.45, 2.75) is 77.5 Å². The molecule has 2 aromatic carbocycles. The number of alkyl carbamates (subject to hydrolysis) is 1. The first-order chi connectivity index (χ1) is 28.9. The first kappa shape index (κ1) is 42.0. The highest BCUT2D eigenvalue weighted by molar-refractivity contribution is 5.87. The third-order valence-electron chi connectivity index (χ3n) is 11.8. The summed E-state index contributed by atoms with van der Waals surface area (Å²) in [4.78, 5) is 71.2. The number of carbonyl (C=O) groups is 4. The Hall–Kier alpha value is -6.14. The minimum Gasteiger partial charge on any atom is -0.465 e. The molecule has 15 nitrogen and oxygen atoms in total. The number of ether oxygens (including phenoxy) is 2. The second-order valence-electron chi connectivity index (χ2n) is 16.7. The van der Waals surface area contributed by atoms with Gasteiger partial charge < -0.3 is 45.0 Å². The third-order valence-corrected chi connectivity index (χ3v) is 11.8. The second kappa shape index (κ2) is 18.4. The molecule has 15 heteroatoms. The molecule has 60 heavy (non-hydrogen) atoms. The van der Waals surface area contributed by atoms with E-state index in [0.29, 0.717) is 50.8 Å². The van der Waals surface area contributed by atoms with Crippen LogP contribution in [0.5, 0.6) is 0 Å². The molecule has 3 aliphatic rings. The van der Waals surface area contributed by atoms with E-state index in [-0.39, 0.29) is 47.6 Å². The number of hydrogen-bond acceptors (Lipinski definition) is 8. The summed E-state index contributed by atoms with van der Waals surface area (Å²) in [5.74, 6) is 7.77. The molecule has 6 atom stereocenters. The van der Waals surface area contributed by atoms with E-state index in [2.05, 4.69) is 46.3 Å². The Morgan fingerprint density at radius 1 is 0.783 bits per heavy atom. The molecular weight excluding hydrogens is 765 g/mol. The van der Waals surface area contributed by atoms with Crippen LogP contribution in [0.1, 0.15) is 88.2 Å². The first-order valence-electron chi connectivity index (χ1n) is 20.7. The second-order valence-corrected chi connectivity index (χ2v) is 16.7. The molecule has 3 fully saturated rings. The van der Waals surface area contributed by atoms with Crippen LogP contribution in [0.4, 0.5) is 9.59 Å². The molecule has 7 rings (SSSR count). The van der Waals surface area contributed by atoms with Gasteiger partial charge in [0.2, 0.25) is 11.8 Å². The maximum Gasteiger partial charge on any atom is 0.407 e. The van der Waals surface area contributed by atoms with Gasteiger partial charge in [0, 0.05) is 61.0 Å². The zero-order valence-electron chi connectivity index (χ0n) is 34.7. The summed E-state index contributed by atoms with van der Waals surface area (Å²) in [5, 5.41) is 14.8. The van der Waals surface area contributed by atoms with Gasteiger partial charge in [0.15, 0.2) is 0 Å². The molecule has 0 aliphatic carbocycles. The number of aromatic nitrogens is 4. The lowest BCUT2D eigenvalue weighted by atomic mass is 9.90. The van der Waals surface area contributed by atoms with Gasteiger partial charge in [-0.25, -0.2) is 19.6 Å². The molecule has 0 bridgehead atoms. The number of nitrogens with one attached hydrogen (secondary N) is 4. The summed E-state index contributed by atoms with van der Waals surface area (Å²) < 4.78 is 10.2. The summed E-state index contributed by atoms with van der Waals surface area (Å²) in [7, 11) is 1.29. The molecule has 0 spiro atoms. The molecule has 5 N–H and O–H groups in total. The minimum atomic E-state index is -1.21. The number of nitrogens with zero attached hydrogens (tertiary/aromatic N) is 4. The van der Waals surface area contributed by atoms with E-state index in [1.807, 2.05) is 79.7 Å². The van der Waals surface area contributed by atoms with Gasteiger partial charge in [-0.1, -0.05) is 63.8 Å². The maximum absolute atomic E-state index is 13.9. The fourth-order valence-electron chi connectivity index (χ4n) is 8.62. The number of rotatable bonds is 10. The quantitative estimate of drug-likeness (QED) is 0.117. The minimum absolute atomic E-state index is 0.120. The van der Waals surface area contributed by atoms with Crippen molar-refractivity contribution in [3.05, 3.63) is 83.7 Å². The Kier molecular flexibility index (Phi) is 12.9. The number of carbonyl (C=O) groups excluding carboxylic acids is 3. The van der Waals surface area contributed by atoms with Crippen molar-refractivity contribution in [3.8, 4) is 34.4 Å². The average Bonchev–Trinajstić information content (AvgIpc) is 4.08. The van der Waals surface area contributed by atoms with E-state index in [9.17, 15) is 24.3 Å². The smallest absolute Gasteiger partial charge is 0.407 e. The van der Waals surface area contributed by atoms with Crippen molar-refractivity contribution in [1.29, 1.82) is 0 Å². The largest absolute Gasteiger partial charge is 0.465 e. The summed E-state index contributed by atoms with van der Waals surface area (Å²) in [6.07, 6.45) is 4.59. The van der Waals surface area contributed by atoms with Gasteiger partial charge in [-0.05, 0) is 73.6 Å². The van der Waals surface area contributed by atoms with Gasteiger partial charge in [-0.2, -0.15) is 0 Å². The molecule has 0 saturated carbocycles. The number of hydrogen-bond donors (Lipinski definition) is 5. The molecule has 3 saturated heterocycles. The van der Waals surface area contributed by atoms with E-state index in [4.69, 9.17) is 19.4 Å². The predicted octanol–water partition coefficient (Wildman–Crippen LogP) is 6.13. The number of likely N-dealkylation sites (tertiary alicyclic amines) is 2. The van der Waals surface area contributed by atoms with Gasteiger partial charge in [-0.15, -0.1) is 0 Å². The number of methoxy groups -OCH3 is 1. The van der Waals surface area contributed by atoms with Crippen LogP contribution in [0, 0.1) is 35.5 Å². The van der Waals surface area contributed by atoms with Crippen molar-refractivity contribution in [1.82, 2.24) is 40.4 Å². The van der Waals surface area contributed by atoms with E-state index < -0.39 is 24.3 Å². The summed E-state index contributed by atoms with van der Waals surface area (Å²) in [5.41, 5.74) is 5.01. The highest BCUT2D eigenvalue weighted by atomic mass is 16.5. The fourth-order valence-corrected chi connectivity index (χ4v) is 8.62. The van der Waals surface area contributed by atoms with Crippen molar-refractivity contribution in [2.75, 3.05) is 33.4 Å². The Labute approximate surface area is 350 Å². The summed E-state index contributed by atoms with van der Waals surface area (Å²) in [6, 6.07) is 13.6. The molecule has 3 aliphatic heterocycles. The monoisotopic (exact) mass is 818 g/mol. The van der Waals surface area contributed by atoms with Crippen molar-refractivity contribution in [3.63, 3.8) is 0 Å². The van der Waals surface area contributed by atoms with Crippen molar-refractivity contribution < 1.29 is 33.8 Å². The van der Waals surface area contributed by atoms with E-state index in [1.54, 1.807) is 4.90 Å². The average molecular weight is 819 g/mol. The zero-order valence-corrected chi connectivity index (χ0v) is 34.7. The van der Waals surface area contributed by atoms with Crippen LogP contribution in [0.15, 0.2) is 60.9 Å². The molecule has 0 radical (unpaired) electrons. The highest BCUT2D eigenvalue weighted by Crippen LogP contribution is 2.38. The molecule has 4 aromatic rings. The standard InChI is InChI=1S/C45H54N8O7/c1-26(2)38(51-45(58)59-5)42(54)52-24-27(3)20-36(52)40-46-22-34(48-40)31-12-8-29(9-13-31)6-7-30-10-14-32(15-11-30)35-23-47-41(49-35)37-21-28(4)25-53(37)43(55)39(50-44(56)57)33-16-18-60-19-17-33/h8-15,22-23,26-28,33,36-39,50H,16-21,24-25H2,1-5H3,(H,46,48)(H,47,49)(H,51,58)(H,56,57)/t27-,28-,36-,37-,38-,39-/m0/s1. The van der Waals surface area contributed by atoms with Crippen LogP contribution in [-0.4, -0.2) is 104 Å². The third kappa shape index (κ3) is 9.50. The Morgan fingerprint density at radius 3 is 1.72 bits per heavy atom. The normalized spacial score (nSPS) is 21.6. The number of H-pyrrole nitrogens is 2. The van der Waals surface area contributed by atoms with Crippen molar-refractivity contribution in [2.24, 2.45) is 23.7 Å². The van der Waals surface area contributed by atoms with Crippen LogP contribution in [0.2, 0.25) is 0 Å². The lowest BCUT2D eigenvalue weighted by molar-refractivity contribution is -0.137. The molecule has 0 unspecified atom stereocenters. The Bertz CT molecular complexity index is 2220. The number of aromatic amines is 2. The Balaban J connectivity index is 0.987. The predicted molar refractivity (Wildman–Crippen MR) is 223 cm³/mol. The molecule has 316 valence electrons. The van der Waals surface area contributed by atoms with Gasteiger partial charge in [-0.3, -0.25) is 9.59 Å². The van der Waals surface area contributed by atoms with E-state index in [0.717, 1.165) is 46.5 Å². The summed E-state index contributed by atoms with van der Waals surface area (Å²) >= 11 is 0. The molecule has 4 amide bonds. The van der Waals surface area contributed by atoms with Crippen LogP contribution in [0.25, 0.3) is 22.5 Å². The highest BCUT2D eigenvalue weighted by Gasteiger charge is 2.43. The number of imidazole rings is 2. The van der Waals surface area contributed by atoms with Crippen LogP contribution in [0.3, 0.4) is 0 Å². The molecular formula is C45H54N8O7. The van der Waals surface area contributed by atoms with Gasteiger partial charge in [0.25, 0.3) is 0 Å². The lowest BCUT2D eigenvalue weighted by Gasteiger charge is -2.33. The Morgan fingerprint density at radius 2 is 1.27 bits per heavy atom. The van der Waals surface area contributed by atoms with Gasteiger partial charge in [0.05, 0.1) is 30.6 Å². The molecule has 2 aromatic heterocycles. The SMILES string of the molecule is COC(=O)N[C@H](C(=O)N1C[C@@H](C)C[C@H]1c1nc(-c2ccc(C#Cc3ccc(-c4c[nH]c([C@@H]5C[C@H](C)CN5C(=O)[C@@H](NC(=O)O)C5CCOCC5)n4)cc3)cc2)c[nH]1)C(C)C. The van der Waals surface area contributed by atoms with Crippen LogP contribution in [-0.2, 0) is 19.1 Å². The van der Waals surface area contributed by atoms with Crippen molar-refractivity contribution >= 4 is 24.0 Å². The van der Waals surface area contributed by atoms with Gasteiger partial charge >= 0.3 is 12.2 Å². The summed E-state index contributed by atoms with van der Waals surface area (Å²) in [6.45, 7) is 10.1. The van der Waals surface area contributed by atoms with E-state index in [1.165, 1.54) is 7.11 Å². The van der Waals surface area contributed by atoms with Crippen LogP contribution < -0.4 is 10.6 Å². The maximum atomic E-state index is 13.9. The molecule has 5 heterocycles. The zero-order chi connectivity index (χ0) is 42.5. The first-order valence-corrected chi connectivity index (χ1v) is 20.7. The number of amides is 4. The topological polar surface area (TPSA) is 195 Å². The number of carboxylic acid groups (broad SMARTS) is 1. The number of benzene rings is 2. The lowest BCUT2D eigenvalue weighted by Crippen LogP contribution is -2.53. The van der Waals surface area contributed by atoms with Gasteiger partial charge in [0.1, 0.15) is 23.7 Å². The fraction of sp³-hybridized carbons (Fsp3) is 0.467.